The maximum Gasteiger partial charge on any atom is 0.519 e. The third kappa shape index (κ3) is 10.4. The second-order valence-electron chi connectivity index (χ2n) is 10.6. The van der Waals surface area contributed by atoms with Crippen LogP contribution in [0.2, 0.25) is 5.02 Å². The molecule has 0 saturated carbocycles. The number of rotatable bonds is 18. The van der Waals surface area contributed by atoms with Gasteiger partial charge in [0.2, 0.25) is 5.88 Å². The van der Waals surface area contributed by atoms with E-state index in [-0.39, 0.29) is 67.7 Å². The van der Waals surface area contributed by atoms with Crippen molar-refractivity contribution in [1.82, 2.24) is 10.6 Å². The topological polar surface area (TPSA) is 196 Å². The molecule has 1 aliphatic rings. The molecule has 4 N–H and O–H groups in total. The van der Waals surface area contributed by atoms with Crippen LogP contribution in [0.3, 0.4) is 0 Å². The molecule has 0 radical (unpaired) electrons. The summed E-state index contributed by atoms with van der Waals surface area (Å²) >= 11 is 6.51. The van der Waals surface area contributed by atoms with E-state index in [1.165, 1.54) is 7.11 Å². The number of esters is 3. The first-order chi connectivity index (χ1) is 22.5. The number of carbonyl (C=O) groups is 3. The van der Waals surface area contributed by atoms with Crippen LogP contribution >= 0.6 is 11.6 Å². The molecule has 0 amide bonds. The number of allylic oxidation sites excluding steroid dienone is 1. The Hall–Kier alpha value is -4.11. The van der Waals surface area contributed by atoms with Crippen molar-refractivity contribution in [1.29, 1.82) is 0 Å². The molecular formula is C32H41ClN2O12. The first-order valence-electron chi connectivity index (χ1n) is 15.2. The monoisotopic (exact) mass is 680 g/mol. The highest BCUT2D eigenvalue weighted by molar-refractivity contribution is 6.31. The Morgan fingerprint density at radius 1 is 1.04 bits per heavy atom. The Morgan fingerprint density at radius 3 is 2.45 bits per heavy atom. The van der Waals surface area contributed by atoms with Gasteiger partial charge < -0.3 is 48.6 Å². The summed E-state index contributed by atoms with van der Waals surface area (Å²) < 4.78 is 31.5. The minimum atomic E-state index is -1.08. The molecule has 1 aliphatic heterocycles. The molecule has 2 heterocycles. The van der Waals surface area contributed by atoms with Gasteiger partial charge >= 0.3 is 23.7 Å². The van der Waals surface area contributed by atoms with Crippen molar-refractivity contribution in [2.45, 2.75) is 77.7 Å². The number of ether oxygens (including phenoxy) is 4. The Labute approximate surface area is 276 Å². The minimum absolute atomic E-state index is 0.00129. The van der Waals surface area contributed by atoms with Gasteiger partial charge in [-0.15, -0.1) is 0 Å². The molecule has 0 aliphatic carbocycles. The van der Waals surface area contributed by atoms with E-state index in [1.54, 1.807) is 38.1 Å². The highest BCUT2D eigenvalue weighted by Gasteiger charge is 2.40. The van der Waals surface area contributed by atoms with Crippen LogP contribution in [0.1, 0.15) is 69.5 Å². The molecule has 47 heavy (non-hydrogen) atoms. The summed E-state index contributed by atoms with van der Waals surface area (Å²) in [5.74, 6) is -3.92. The fourth-order valence-corrected chi connectivity index (χ4v) is 5.23. The van der Waals surface area contributed by atoms with E-state index in [9.17, 15) is 29.4 Å². The summed E-state index contributed by atoms with van der Waals surface area (Å²) in [6, 6.07) is 6.79. The molecule has 0 fully saturated rings. The molecule has 0 bridgehead atoms. The average Bonchev–Trinajstić information content (AvgIpc) is 3.38. The lowest BCUT2D eigenvalue weighted by Crippen LogP contribution is -2.35. The van der Waals surface area contributed by atoms with Crippen LogP contribution in [0.4, 0.5) is 0 Å². The summed E-state index contributed by atoms with van der Waals surface area (Å²) in [4.78, 5) is 50.1. The van der Waals surface area contributed by atoms with E-state index in [4.69, 9.17) is 39.4 Å². The third-order valence-electron chi connectivity index (χ3n) is 7.11. The van der Waals surface area contributed by atoms with Crippen molar-refractivity contribution >= 4 is 29.5 Å². The number of benzene rings is 1. The predicted molar refractivity (Wildman–Crippen MR) is 167 cm³/mol. The molecule has 258 valence electrons. The number of aliphatic hydroxyl groups is 2. The maximum atomic E-state index is 13.3. The number of methoxy groups -OCH3 is 1. The fraction of sp³-hybridized carbons (Fsp3) is 0.500. The van der Waals surface area contributed by atoms with E-state index in [0.29, 0.717) is 22.7 Å². The number of nitrogens with one attached hydrogen (secondary N) is 2. The van der Waals surface area contributed by atoms with Crippen LogP contribution < -0.4 is 16.5 Å². The number of hydrogen-bond acceptors (Lipinski definition) is 14. The van der Waals surface area contributed by atoms with Gasteiger partial charge in [0.25, 0.3) is 0 Å². The molecule has 3 atom stereocenters. The smallest absolute Gasteiger partial charge is 0.477 e. The molecule has 2 aromatic rings. The van der Waals surface area contributed by atoms with Crippen molar-refractivity contribution in [3.63, 3.8) is 0 Å². The van der Waals surface area contributed by atoms with Gasteiger partial charge in [-0.1, -0.05) is 43.1 Å². The van der Waals surface area contributed by atoms with Gasteiger partial charge in [-0.05, 0) is 38.3 Å². The minimum Gasteiger partial charge on any atom is -0.477 e. The summed E-state index contributed by atoms with van der Waals surface area (Å²) in [6.45, 7) is 5.05. The van der Waals surface area contributed by atoms with Gasteiger partial charge in [-0.2, -0.15) is 0 Å². The average molecular weight is 681 g/mol. The van der Waals surface area contributed by atoms with E-state index >= 15 is 0 Å². The Bertz CT molecular complexity index is 1510. The number of carbonyl (C=O) groups excluding carboxylic acids is 3. The lowest BCUT2D eigenvalue weighted by atomic mass is 9.81. The van der Waals surface area contributed by atoms with Gasteiger partial charge in [-0.25, -0.2) is 14.4 Å². The quantitative estimate of drug-likeness (QED) is 0.102. The lowest BCUT2D eigenvalue weighted by Gasteiger charge is -2.31. The number of aliphatic hydroxyl groups excluding tert-OH is 2. The summed E-state index contributed by atoms with van der Waals surface area (Å²) in [6.07, 6.45) is -0.852. The molecule has 3 rings (SSSR count). The second kappa shape index (κ2) is 18.3. The largest absolute Gasteiger partial charge is 0.519 e. The molecule has 1 aromatic heterocycles. The maximum absolute atomic E-state index is 13.3. The summed E-state index contributed by atoms with van der Waals surface area (Å²) in [5, 5.41) is 26.1. The van der Waals surface area contributed by atoms with Gasteiger partial charge in [0.15, 0.2) is 18.1 Å². The van der Waals surface area contributed by atoms with Crippen LogP contribution in [0.25, 0.3) is 0 Å². The summed E-state index contributed by atoms with van der Waals surface area (Å²) in [7, 11) is 1.24. The van der Waals surface area contributed by atoms with Gasteiger partial charge in [0.05, 0.1) is 50.4 Å². The standard InChI is InChI=1S/C32H41ClN2O12/c1-5-9-19(36)14-20(37)15-25(38)45-17-24-23(46-32(41)47-24)16-34-12-13-44-29-28(31(40)43-6-2)27(21-10-7-8-11-22(21)33)26(18(3)35-29)30(39)42-4/h7-8,10-11,19-20,27,34-37H,5-6,9,12-17H2,1-4H3/t19-,20-,27?/m1/s1. The van der Waals surface area contributed by atoms with Crippen LogP contribution in [0.5, 0.6) is 0 Å². The molecular weight excluding hydrogens is 640 g/mol. The van der Waals surface area contributed by atoms with Crippen molar-refractivity contribution in [2.75, 3.05) is 26.9 Å². The van der Waals surface area contributed by atoms with Crippen LogP contribution in [-0.4, -0.2) is 67.2 Å². The molecule has 1 unspecified atom stereocenters. The van der Waals surface area contributed by atoms with E-state index < -0.39 is 48.5 Å². The zero-order chi connectivity index (χ0) is 34.5. The zero-order valence-corrected chi connectivity index (χ0v) is 27.5. The SMILES string of the molecule is CCC[C@@H](O)C[C@@H](O)CC(=O)OCc1oc(=O)oc1CNCCOC1=C(C(=O)OCC)C(c2ccccc2Cl)C(C(=O)OC)=C(C)N1. The van der Waals surface area contributed by atoms with Crippen molar-refractivity contribution in [3.05, 3.63) is 79.7 Å². The van der Waals surface area contributed by atoms with Crippen molar-refractivity contribution in [3.8, 4) is 0 Å². The third-order valence-corrected chi connectivity index (χ3v) is 7.46. The molecule has 15 heteroatoms. The molecule has 0 saturated heterocycles. The van der Waals surface area contributed by atoms with E-state index in [0.717, 1.165) is 6.42 Å². The highest BCUT2D eigenvalue weighted by Crippen LogP contribution is 2.42. The van der Waals surface area contributed by atoms with E-state index in [1.807, 2.05) is 6.92 Å². The molecule has 1 aromatic carbocycles. The first-order valence-corrected chi connectivity index (χ1v) is 15.6. The normalized spacial score (nSPS) is 15.9. The highest BCUT2D eigenvalue weighted by atomic mass is 35.5. The van der Waals surface area contributed by atoms with Crippen LogP contribution in [-0.2, 0) is 46.5 Å². The van der Waals surface area contributed by atoms with Crippen molar-refractivity contribution < 1.29 is 52.4 Å². The van der Waals surface area contributed by atoms with Crippen LogP contribution in [0.15, 0.2) is 60.6 Å². The fourth-order valence-electron chi connectivity index (χ4n) is 4.98. The number of halogens is 1. The number of dihydropyridines is 1. The van der Waals surface area contributed by atoms with Crippen LogP contribution in [0, 0.1) is 0 Å². The van der Waals surface area contributed by atoms with Crippen molar-refractivity contribution in [2.24, 2.45) is 0 Å². The Kier molecular flexibility index (Phi) is 14.5. The van der Waals surface area contributed by atoms with Gasteiger partial charge in [-0.3, -0.25) is 4.79 Å². The summed E-state index contributed by atoms with van der Waals surface area (Å²) in [5.41, 5.74) is 1.06. The lowest BCUT2D eigenvalue weighted by molar-refractivity contribution is -0.148. The Morgan fingerprint density at radius 2 is 1.77 bits per heavy atom. The zero-order valence-electron chi connectivity index (χ0n) is 26.8. The number of hydrogen-bond donors (Lipinski definition) is 4. The molecule has 0 spiro atoms. The Balaban J connectivity index is 1.67. The van der Waals surface area contributed by atoms with Gasteiger partial charge in [0.1, 0.15) is 12.2 Å². The van der Waals surface area contributed by atoms with Gasteiger partial charge in [0, 0.05) is 17.3 Å². The molecule has 14 nitrogen and oxygen atoms in total. The first kappa shape index (κ1) is 37.3. The second-order valence-corrected chi connectivity index (χ2v) is 11.0. The van der Waals surface area contributed by atoms with E-state index in [2.05, 4.69) is 10.6 Å². The predicted octanol–water partition coefficient (Wildman–Crippen LogP) is 2.95.